The van der Waals surface area contributed by atoms with Crippen molar-refractivity contribution in [2.45, 2.75) is 27.3 Å². The molecular weight excluding hydrogens is 188 g/mol. The zero-order valence-corrected chi connectivity index (χ0v) is 9.40. The summed E-state index contributed by atoms with van der Waals surface area (Å²) in [6.45, 7) is 5.98. The van der Waals surface area contributed by atoms with E-state index >= 15 is 0 Å². The number of aromatic nitrogens is 2. The summed E-state index contributed by atoms with van der Waals surface area (Å²) in [6.07, 6.45) is 1.70. The number of benzene rings is 1. The lowest BCUT2D eigenvalue weighted by molar-refractivity contribution is -0.117. The molecule has 0 spiro atoms. The maximum Gasteiger partial charge on any atom is 0.149 e. The van der Waals surface area contributed by atoms with Crippen molar-refractivity contribution in [3.8, 4) is 0 Å². The fourth-order valence-corrected chi connectivity index (χ4v) is 1.38. The van der Waals surface area contributed by atoms with Crippen LogP contribution in [0.5, 0.6) is 0 Å². The lowest BCUT2D eigenvalue weighted by atomic mass is 10.3. The molecule has 2 rings (SSSR count). The molecule has 80 valence electrons. The Morgan fingerprint density at radius 1 is 1.33 bits per heavy atom. The molecule has 3 heteroatoms. The van der Waals surface area contributed by atoms with Crippen LogP contribution in [0.2, 0.25) is 0 Å². The molecule has 1 aromatic heterocycles. The van der Waals surface area contributed by atoms with E-state index in [-0.39, 0.29) is 5.78 Å². The van der Waals surface area contributed by atoms with Gasteiger partial charge in [0.2, 0.25) is 0 Å². The number of para-hydroxylation sites is 2. The maximum absolute atomic E-state index is 10.9. The smallest absolute Gasteiger partial charge is 0.149 e. The molecule has 0 N–H and O–H groups in total. The normalized spacial score (nSPS) is 9.53. The van der Waals surface area contributed by atoms with Crippen LogP contribution in [0.15, 0.2) is 30.6 Å². The van der Waals surface area contributed by atoms with Crippen molar-refractivity contribution in [2.75, 3.05) is 0 Å². The minimum Gasteiger partial charge on any atom is -0.323 e. The van der Waals surface area contributed by atoms with Crippen molar-refractivity contribution in [3.05, 3.63) is 30.6 Å². The van der Waals surface area contributed by atoms with Gasteiger partial charge in [0, 0.05) is 0 Å². The lowest BCUT2D eigenvalue weighted by Crippen LogP contribution is -2.04. The van der Waals surface area contributed by atoms with E-state index < -0.39 is 0 Å². The Kier molecular flexibility index (Phi) is 4.03. The van der Waals surface area contributed by atoms with Crippen LogP contribution in [0, 0.1) is 0 Å². The van der Waals surface area contributed by atoms with Crippen LogP contribution in [0.3, 0.4) is 0 Å². The molecule has 0 bridgehead atoms. The monoisotopic (exact) mass is 204 g/mol. The standard InChI is InChI=1S/C10H10N2O.C2H6/c1-8(13)6-12-7-11-9-4-2-3-5-10(9)12;1-2/h2-5,7H,6H2,1H3;1-2H3. The van der Waals surface area contributed by atoms with Gasteiger partial charge in [0.1, 0.15) is 5.78 Å². The topological polar surface area (TPSA) is 34.9 Å². The van der Waals surface area contributed by atoms with Gasteiger partial charge in [-0.2, -0.15) is 0 Å². The van der Waals surface area contributed by atoms with E-state index in [9.17, 15) is 4.79 Å². The van der Waals surface area contributed by atoms with Crippen LogP contribution in [0.25, 0.3) is 11.0 Å². The first kappa shape index (κ1) is 11.4. The zero-order chi connectivity index (χ0) is 11.3. The number of hydrogen-bond acceptors (Lipinski definition) is 2. The van der Waals surface area contributed by atoms with Gasteiger partial charge in [-0.05, 0) is 19.1 Å². The molecule has 1 aromatic carbocycles. The summed E-state index contributed by atoms with van der Waals surface area (Å²) >= 11 is 0. The zero-order valence-electron chi connectivity index (χ0n) is 9.40. The summed E-state index contributed by atoms with van der Waals surface area (Å²) in [5, 5.41) is 0. The van der Waals surface area contributed by atoms with E-state index in [1.165, 1.54) is 0 Å². The number of fused-ring (bicyclic) bond motifs is 1. The number of hydrogen-bond donors (Lipinski definition) is 0. The fourth-order valence-electron chi connectivity index (χ4n) is 1.38. The molecular formula is C12H16N2O. The van der Waals surface area contributed by atoms with Gasteiger partial charge < -0.3 is 4.57 Å². The van der Waals surface area contributed by atoms with Gasteiger partial charge in [-0.15, -0.1) is 0 Å². The van der Waals surface area contributed by atoms with Crippen molar-refractivity contribution < 1.29 is 4.79 Å². The Hall–Kier alpha value is -1.64. The largest absolute Gasteiger partial charge is 0.323 e. The van der Waals surface area contributed by atoms with E-state index in [0.29, 0.717) is 6.54 Å². The molecule has 3 nitrogen and oxygen atoms in total. The number of imidazole rings is 1. The molecule has 0 unspecified atom stereocenters. The minimum atomic E-state index is 0.142. The van der Waals surface area contributed by atoms with Gasteiger partial charge in [-0.25, -0.2) is 4.98 Å². The Bertz CT molecular complexity index is 446. The molecule has 0 aliphatic rings. The first-order valence-electron chi connectivity index (χ1n) is 5.16. The predicted octanol–water partition coefficient (Wildman–Crippen LogP) is 2.65. The molecule has 15 heavy (non-hydrogen) atoms. The second-order valence-corrected chi connectivity index (χ2v) is 3.06. The van der Waals surface area contributed by atoms with E-state index in [1.54, 1.807) is 13.3 Å². The average Bonchev–Trinajstić information content (AvgIpc) is 2.64. The Morgan fingerprint density at radius 2 is 2.00 bits per heavy atom. The molecule has 0 atom stereocenters. The van der Waals surface area contributed by atoms with E-state index in [2.05, 4.69) is 4.98 Å². The molecule has 0 saturated heterocycles. The fraction of sp³-hybridized carbons (Fsp3) is 0.333. The highest BCUT2D eigenvalue weighted by atomic mass is 16.1. The second kappa shape index (κ2) is 5.29. The van der Waals surface area contributed by atoms with E-state index in [0.717, 1.165) is 11.0 Å². The van der Waals surface area contributed by atoms with Gasteiger partial charge in [0.15, 0.2) is 0 Å². The van der Waals surface area contributed by atoms with Crippen LogP contribution in [0.1, 0.15) is 20.8 Å². The lowest BCUT2D eigenvalue weighted by Gasteiger charge is -1.98. The molecule has 0 aliphatic heterocycles. The van der Waals surface area contributed by atoms with Crippen molar-refractivity contribution in [1.29, 1.82) is 0 Å². The van der Waals surface area contributed by atoms with E-state index in [4.69, 9.17) is 0 Å². The SMILES string of the molecule is CC.CC(=O)Cn1cnc2ccccc21. The summed E-state index contributed by atoms with van der Waals surface area (Å²) in [7, 11) is 0. The molecule has 0 saturated carbocycles. The molecule has 2 aromatic rings. The number of nitrogens with zero attached hydrogens (tertiary/aromatic N) is 2. The Morgan fingerprint density at radius 3 is 2.67 bits per heavy atom. The summed E-state index contributed by atoms with van der Waals surface area (Å²) < 4.78 is 1.86. The summed E-state index contributed by atoms with van der Waals surface area (Å²) in [5.41, 5.74) is 1.95. The average molecular weight is 204 g/mol. The highest BCUT2D eigenvalue weighted by Gasteiger charge is 2.02. The number of rotatable bonds is 2. The van der Waals surface area contributed by atoms with Crippen molar-refractivity contribution >= 4 is 16.8 Å². The van der Waals surface area contributed by atoms with Gasteiger partial charge in [0.25, 0.3) is 0 Å². The molecule has 0 amide bonds. The molecule has 1 heterocycles. The van der Waals surface area contributed by atoms with Gasteiger partial charge >= 0.3 is 0 Å². The van der Waals surface area contributed by atoms with Crippen LogP contribution < -0.4 is 0 Å². The van der Waals surface area contributed by atoms with Crippen LogP contribution >= 0.6 is 0 Å². The van der Waals surface area contributed by atoms with Crippen molar-refractivity contribution in [1.82, 2.24) is 9.55 Å². The highest BCUT2D eigenvalue weighted by Crippen LogP contribution is 2.11. The van der Waals surface area contributed by atoms with E-state index in [1.807, 2.05) is 42.7 Å². The number of carbonyl (C=O) groups excluding carboxylic acids is 1. The quantitative estimate of drug-likeness (QED) is 0.753. The third-order valence-corrected chi connectivity index (χ3v) is 1.92. The van der Waals surface area contributed by atoms with Crippen molar-refractivity contribution in [3.63, 3.8) is 0 Å². The van der Waals surface area contributed by atoms with Crippen LogP contribution in [-0.2, 0) is 11.3 Å². The summed E-state index contributed by atoms with van der Waals surface area (Å²) in [6, 6.07) is 7.78. The first-order chi connectivity index (χ1) is 7.27. The number of ketones is 1. The van der Waals surface area contributed by atoms with Crippen LogP contribution in [0.4, 0.5) is 0 Å². The Balaban J connectivity index is 0.000000531. The van der Waals surface area contributed by atoms with Crippen LogP contribution in [-0.4, -0.2) is 15.3 Å². The predicted molar refractivity (Wildman–Crippen MR) is 61.8 cm³/mol. The van der Waals surface area contributed by atoms with Gasteiger partial charge in [-0.3, -0.25) is 4.79 Å². The third kappa shape index (κ3) is 2.65. The number of carbonyl (C=O) groups is 1. The van der Waals surface area contributed by atoms with Gasteiger partial charge in [-0.1, -0.05) is 26.0 Å². The third-order valence-electron chi connectivity index (χ3n) is 1.92. The van der Waals surface area contributed by atoms with Gasteiger partial charge in [0.05, 0.1) is 23.9 Å². The minimum absolute atomic E-state index is 0.142. The Labute approximate surface area is 89.7 Å². The molecule has 0 fully saturated rings. The summed E-state index contributed by atoms with van der Waals surface area (Å²) in [4.78, 5) is 15.1. The molecule has 0 radical (unpaired) electrons. The number of Topliss-reactive ketones (excluding diaryl/α,β-unsaturated/α-hetero) is 1. The molecule has 0 aliphatic carbocycles. The maximum atomic E-state index is 10.9. The summed E-state index contributed by atoms with van der Waals surface area (Å²) in [5.74, 6) is 0.142. The first-order valence-corrected chi connectivity index (χ1v) is 5.16. The highest BCUT2D eigenvalue weighted by molar-refractivity contribution is 5.80. The second-order valence-electron chi connectivity index (χ2n) is 3.06. The van der Waals surface area contributed by atoms with Crippen molar-refractivity contribution in [2.24, 2.45) is 0 Å².